The van der Waals surface area contributed by atoms with Crippen LogP contribution in [0.3, 0.4) is 0 Å². The molecular formula is C12H17NO2. The molecule has 1 aliphatic rings. The van der Waals surface area contributed by atoms with Gasteiger partial charge in [0, 0.05) is 11.8 Å². The van der Waals surface area contributed by atoms with E-state index in [2.05, 4.69) is 11.9 Å². The maximum absolute atomic E-state index is 9.10. The lowest BCUT2D eigenvalue weighted by Gasteiger charge is -2.26. The normalized spacial score (nSPS) is 16.1. The van der Waals surface area contributed by atoms with Crippen molar-refractivity contribution in [3.63, 3.8) is 0 Å². The van der Waals surface area contributed by atoms with Crippen LogP contribution in [0.25, 0.3) is 0 Å². The van der Waals surface area contributed by atoms with Crippen LogP contribution in [0.4, 0.5) is 0 Å². The van der Waals surface area contributed by atoms with E-state index in [0.717, 1.165) is 30.5 Å². The van der Waals surface area contributed by atoms with Gasteiger partial charge in [-0.1, -0.05) is 6.92 Å². The van der Waals surface area contributed by atoms with E-state index in [9.17, 15) is 0 Å². The summed E-state index contributed by atoms with van der Waals surface area (Å²) in [7, 11) is 0. The fourth-order valence-corrected chi connectivity index (χ4v) is 1.61. The van der Waals surface area contributed by atoms with Gasteiger partial charge in [-0.3, -0.25) is 0 Å². The predicted octanol–water partition coefficient (Wildman–Crippen LogP) is 2.07. The highest BCUT2D eigenvalue weighted by molar-refractivity contribution is 5.25. The predicted molar refractivity (Wildman–Crippen MR) is 57.8 cm³/mol. The Hall–Kier alpha value is -1.09. The number of hydrogen-bond acceptors (Lipinski definition) is 3. The van der Waals surface area contributed by atoms with Gasteiger partial charge in [-0.05, 0) is 37.3 Å². The van der Waals surface area contributed by atoms with Gasteiger partial charge in [-0.25, -0.2) is 4.98 Å². The van der Waals surface area contributed by atoms with E-state index in [1.54, 1.807) is 0 Å². The number of aryl methyl sites for hydroxylation is 1. The average molecular weight is 207 g/mol. The summed E-state index contributed by atoms with van der Waals surface area (Å²) in [6, 6.07) is 3.76. The quantitative estimate of drug-likeness (QED) is 0.821. The summed E-state index contributed by atoms with van der Waals surface area (Å²) in [5.41, 5.74) is 1.87. The summed E-state index contributed by atoms with van der Waals surface area (Å²) < 4.78 is 5.71. The fourth-order valence-electron chi connectivity index (χ4n) is 1.61. The summed E-state index contributed by atoms with van der Waals surface area (Å²) in [5.74, 6) is 0.670. The van der Waals surface area contributed by atoms with E-state index in [4.69, 9.17) is 9.84 Å². The van der Waals surface area contributed by atoms with Crippen LogP contribution in [0, 0.1) is 0 Å². The number of aliphatic hydroxyl groups excluding tert-OH is 1. The van der Waals surface area contributed by atoms with Crippen molar-refractivity contribution in [1.82, 2.24) is 4.98 Å². The van der Waals surface area contributed by atoms with Crippen LogP contribution in [-0.4, -0.2) is 16.2 Å². The molecule has 0 saturated heterocycles. The van der Waals surface area contributed by atoms with Crippen LogP contribution in [0.5, 0.6) is 5.88 Å². The maximum Gasteiger partial charge on any atom is 0.214 e. The highest BCUT2D eigenvalue weighted by Crippen LogP contribution is 2.24. The van der Waals surface area contributed by atoms with E-state index >= 15 is 0 Å². The Bertz CT molecular complexity index is 312. The van der Waals surface area contributed by atoms with E-state index < -0.39 is 0 Å². The molecule has 1 heterocycles. The van der Waals surface area contributed by atoms with Gasteiger partial charge in [-0.2, -0.15) is 0 Å². The molecule has 15 heavy (non-hydrogen) atoms. The van der Waals surface area contributed by atoms with Gasteiger partial charge in [0.15, 0.2) is 0 Å². The molecule has 0 aliphatic heterocycles. The Morgan fingerprint density at radius 1 is 1.47 bits per heavy atom. The smallest absolute Gasteiger partial charge is 0.214 e. The number of ether oxygens (including phenoxy) is 1. The minimum Gasteiger partial charge on any atom is -0.474 e. The molecule has 0 radical (unpaired) electrons. The minimum atomic E-state index is 0.0521. The second-order valence-electron chi connectivity index (χ2n) is 3.99. The first-order valence-electron chi connectivity index (χ1n) is 5.59. The SMILES string of the molecule is CCc1cc(CO)cc(OC2CCC2)n1. The Morgan fingerprint density at radius 3 is 2.80 bits per heavy atom. The molecular weight excluding hydrogens is 190 g/mol. The van der Waals surface area contributed by atoms with Crippen LogP contribution in [0.15, 0.2) is 12.1 Å². The molecule has 0 aromatic carbocycles. The van der Waals surface area contributed by atoms with Gasteiger partial charge < -0.3 is 9.84 Å². The molecule has 1 aliphatic carbocycles. The molecule has 1 N–H and O–H groups in total. The van der Waals surface area contributed by atoms with Crippen molar-refractivity contribution in [1.29, 1.82) is 0 Å². The lowest BCUT2D eigenvalue weighted by Crippen LogP contribution is -2.25. The standard InChI is InChI=1S/C12H17NO2/c1-2-10-6-9(8-14)7-12(13-10)15-11-4-3-5-11/h6-7,11,14H,2-5,8H2,1H3. The zero-order chi connectivity index (χ0) is 10.7. The third-order valence-electron chi connectivity index (χ3n) is 2.80. The largest absolute Gasteiger partial charge is 0.474 e. The lowest BCUT2D eigenvalue weighted by atomic mass is 9.96. The summed E-state index contributed by atoms with van der Waals surface area (Å²) >= 11 is 0. The van der Waals surface area contributed by atoms with Crippen molar-refractivity contribution in [3.05, 3.63) is 23.4 Å². The molecule has 0 bridgehead atoms. The van der Waals surface area contributed by atoms with E-state index in [1.165, 1.54) is 6.42 Å². The first-order chi connectivity index (χ1) is 7.31. The van der Waals surface area contributed by atoms with Crippen LogP contribution < -0.4 is 4.74 Å². The fraction of sp³-hybridized carbons (Fsp3) is 0.583. The van der Waals surface area contributed by atoms with Crippen LogP contribution in [-0.2, 0) is 13.0 Å². The van der Waals surface area contributed by atoms with E-state index in [1.807, 2.05) is 12.1 Å². The number of rotatable bonds is 4. The van der Waals surface area contributed by atoms with Crippen molar-refractivity contribution in [2.24, 2.45) is 0 Å². The van der Waals surface area contributed by atoms with Crippen molar-refractivity contribution in [2.45, 2.75) is 45.3 Å². The number of aromatic nitrogens is 1. The second kappa shape index (κ2) is 4.62. The summed E-state index contributed by atoms with van der Waals surface area (Å²) in [6.07, 6.45) is 4.73. The molecule has 3 heteroatoms. The third-order valence-corrected chi connectivity index (χ3v) is 2.80. The average Bonchev–Trinajstić information content (AvgIpc) is 2.23. The van der Waals surface area contributed by atoms with Gasteiger partial charge in [-0.15, -0.1) is 0 Å². The number of hydrogen-bond donors (Lipinski definition) is 1. The highest BCUT2D eigenvalue weighted by Gasteiger charge is 2.19. The summed E-state index contributed by atoms with van der Waals surface area (Å²) in [6.45, 7) is 2.10. The Balaban J connectivity index is 2.13. The number of pyridine rings is 1. The zero-order valence-electron chi connectivity index (χ0n) is 9.07. The van der Waals surface area contributed by atoms with Crippen LogP contribution in [0.1, 0.15) is 37.4 Å². The molecule has 1 aromatic heterocycles. The maximum atomic E-state index is 9.10. The zero-order valence-corrected chi connectivity index (χ0v) is 9.07. The third kappa shape index (κ3) is 2.48. The van der Waals surface area contributed by atoms with Crippen molar-refractivity contribution in [2.75, 3.05) is 0 Å². The van der Waals surface area contributed by atoms with Crippen molar-refractivity contribution in [3.8, 4) is 5.88 Å². The van der Waals surface area contributed by atoms with Gasteiger partial charge in [0.2, 0.25) is 5.88 Å². The molecule has 82 valence electrons. The van der Waals surface area contributed by atoms with E-state index in [0.29, 0.717) is 12.0 Å². The molecule has 0 unspecified atom stereocenters. The monoisotopic (exact) mass is 207 g/mol. The Labute approximate surface area is 90.1 Å². The molecule has 0 spiro atoms. The van der Waals surface area contributed by atoms with Gasteiger partial charge in [0.05, 0.1) is 6.61 Å². The Morgan fingerprint density at radius 2 is 2.27 bits per heavy atom. The lowest BCUT2D eigenvalue weighted by molar-refractivity contribution is 0.114. The highest BCUT2D eigenvalue weighted by atomic mass is 16.5. The molecule has 0 atom stereocenters. The first-order valence-corrected chi connectivity index (χ1v) is 5.59. The summed E-state index contributed by atoms with van der Waals surface area (Å²) in [5, 5.41) is 9.10. The first kappa shape index (κ1) is 10.4. The molecule has 3 nitrogen and oxygen atoms in total. The van der Waals surface area contributed by atoms with Gasteiger partial charge >= 0.3 is 0 Å². The Kier molecular flexibility index (Phi) is 3.21. The summed E-state index contributed by atoms with van der Waals surface area (Å²) in [4.78, 5) is 4.39. The molecule has 1 aromatic rings. The molecule has 1 saturated carbocycles. The van der Waals surface area contributed by atoms with Crippen LogP contribution >= 0.6 is 0 Å². The van der Waals surface area contributed by atoms with Gasteiger partial charge in [0.25, 0.3) is 0 Å². The van der Waals surface area contributed by atoms with Crippen molar-refractivity contribution < 1.29 is 9.84 Å². The number of aliphatic hydroxyl groups is 1. The van der Waals surface area contributed by atoms with Crippen LogP contribution in [0.2, 0.25) is 0 Å². The number of nitrogens with zero attached hydrogens (tertiary/aromatic N) is 1. The minimum absolute atomic E-state index is 0.0521. The topological polar surface area (TPSA) is 42.4 Å². The van der Waals surface area contributed by atoms with Gasteiger partial charge in [0.1, 0.15) is 6.10 Å². The second-order valence-corrected chi connectivity index (χ2v) is 3.99. The van der Waals surface area contributed by atoms with E-state index in [-0.39, 0.29) is 6.61 Å². The molecule has 2 rings (SSSR count). The molecule has 0 amide bonds. The van der Waals surface area contributed by atoms with Crippen molar-refractivity contribution >= 4 is 0 Å². The molecule has 1 fully saturated rings.